The molecule has 0 bridgehead atoms. The summed E-state index contributed by atoms with van der Waals surface area (Å²) >= 11 is 7.60. The minimum atomic E-state index is -0.187. The number of halogens is 1. The van der Waals surface area contributed by atoms with Crippen molar-refractivity contribution in [2.45, 2.75) is 18.9 Å². The maximum atomic E-state index is 12.1. The highest BCUT2D eigenvalue weighted by molar-refractivity contribution is 7.10. The van der Waals surface area contributed by atoms with Gasteiger partial charge in [-0.2, -0.15) is 0 Å². The van der Waals surface area contributed by atoms with Crippen molar-refractivity contribution in [1.29, 1.82) is 0 Å². The molecule has 0 saturated carbocycles. The van der Waals surface area contributed by atoms with Gasteiger partial charge in [-0.05, 0) is 61.6 Å². The quantitative estimate of drug-likeness (QED) is 0.842. The highest BCUT2D eigenvalue weighted by atomic mass is 35.5. The predicted octanol–water partition coefficient (Wildman–Crippen LogP) is 4.36. The minimum absolute atomic E-state index is 0.187. The predicted molar refractivity (Wildman–Crippen MR) is 96.3 cm³/mol. The van der Waals surface area contributed by atoms with Gasteiger partial charge in [0.15, 0.2) is 0 Å². The van der Waals surface area contributed by atoms with Gasteiger partial charge in [0.2, 0.25) is 0 Å². The molecule has 0 spiro atoms. The molecule has 1 aliphatic rings. The highest BCUT2D eigenvalue weighted by Crippen LogP contribution is 2.27. The number of carbonyl (C=O) groups is 1. The van der Waals surface area contributed by atoms with E-state index in [0.29, 0.717) is 11.6 Å². The molecule has 23 heavy (non-hydrogen) atoms. The summed E-state index contributed by atoms with van der Waals surface area (Å²) in [6, 6.07) is 11.4. The Morgan fingerprint density at radius 2 is 1.96 bits per heavy atom. The van der Waals surface area contributed by atoms with Crippen LogP contribution in [0, 0.1) is 0 Å². The molecular formula is C17H20ClN3OS. The van der Waals surface area contributed by atoms with E-state index in [4.69, 9.17) is 11.6 Å². The van der Waals surface area contributed by atoms with Crippen molar-refractivity contribution in [2.75, 3.05) is 25.0 Å². The molecule has 0 radical (unpaired) electrons. The third kappa shape index (κ3) is 4.47. The van der Waals surface area contributed by atoms with Gasteiger partial charge in [0.05, 0.1) is 6.04 Å². The number of urea groups is 1. The average molecular weight is 350 g/mol. The van der Waals surface area contributed by atoms with Gasteiger partial charge in [-0.1, -0.05) is 17.7 Å². The zero-order valence-electron chi connectivity index (χ0n) is 12.8. The zero-order valence-corrected chi connectivity index (χ0v) is 14.4. The first-order chi connectivity index (χ1) is 11.2. The highest BCUT2D eigenvalue weighted by Gasteiger charge is 2.24. The monoisotopic (exact) mass is 349 g/mol. The number of benzene rings is 1. The molecule has 2 N–H and O–H groups in total. The van der Waals surface area contributed by atoms with Crippen molar-refractivity contribution in [2.24, 2.45) is 0 Å². The lowest BCUT2D eigenvalue weighted by Crippen LogP contribution is -2.38. The fraction of sp³-hybridized carbons (Fsp3) is 0.353. The number of nitrogens with one attached hydrogen (secondary N) is 2. The second-order valence-electron chi connectivity index (χ2n) is 5.62. The van der Waals surface area contributed by atoms with Crippen LogP contribution in [0.3, 0.4) is 0 Å². The number of nitrogens with zero attached hydrogens (tertiary/aromatic N) is 1. The lowest BCUT2D eigenvalue weighted by molar-refractivity contribution is 0.229. The van der Waals surface area contributed by atoms with E-state index in [9.17, 15) is 4.79 Å². The summed E-state index contributed by atoms with van der Waals surface area (Å²) < 4.78 is 0. The Labute approximate surface area is 145 Å². The van der Waals surface area contributed by atoms with E-state index in [2.05, 4.69) is 33.0 Å². The molecule has 4 nitrogen and oxygen atoms in total. The first-order valence-corrected chi connectivity index (χ1v) is 9.06. The standard InChI is InChI=1S/C17H20ClN3OS/c18-13-5-7-14(8-6-13)20-17(22)19-12-15(16-4-3-11-23-16)21-9-1-2-10-21/h3-8,11,15H,1-2,9-10,12H2,(H2,19,20,22)/t15-/m1/s1. The van der Waals surface area contributed by atoms with Gasteiger partial charge in [0.1, 0.15) is 0 Å². The summed E-state index contributed by atoms with van der Waals surface area (Å²) in [5, 5.41) is 8.57. The number of likely N-dealkylation sites (tertiary alicyclic amines) is 1. The van der Waals surface area contributed by atoms with E-state index in [0.717, 1.165) is 18.8 Å². The zero-order chi connectivity index (χ0) is 16.1. The maximum absolute atomic E-state index is 12.1. The summed E-state index contributed by atoms with van der Waals surface area (Å²) in [6.45, 7) is 2.81. The molecular weight excluding hydrogens is 330 g/mol. The number of hydrogen-bond donors (Lipinski definition) is 2. The Morgan fingerprint density at radius 1 is 1.22 bits per heavy atom. The number of thiophene rings is 1. The molecule has 2 aromatic rings. The fourth-order valence-electron chi connectivity index (χ4n) is 2.84. The summed E-state index contributed by atoms with van der Waals surface area (Å²) in [7, 11) is 0. The molecule has 1 fully saturated rings. The number of anilines is 1. The summed E-state index contributed by atoms with van der Waals surface area (Å²) in [4.78, 5) is 15.9. The number of hydrogen-bond acceptors (Lipinski definition) is 3. The van der Waals surface area contributed by atoms with Crippen molar-refractivity contribution in [3.63, 3.8) is 0 Å². The van der Waals surface area contributed by atoms with Crippen LogP contribution in [0.2, 0.25) is 5.02 Å². The Balaban J connectivity index is 1.57. The van der Waals surface area contributed by atoms with Crippen LogP contribution >= 0.6 is 22.9 Å². The topological polar surface area (TPSA) is 44.4 Å². The average Bonchev–Trinajstić information content (AvgIpc) is 3.24. The molecule has 1 aromatic carbocycles. The van der Waals surface area contributed by atoms with Gasteiger partial charge in [-0.15, -0.1) is 11.3 Å². The Bertz CT molecular complexity index is 624. The Morgan fingerprint density at radius 3 is 2.61 bits per heavy atom. The van der Waals surface area contributed by atoms with Gasteiger partial charge < -0.3 is 10.6 Å². The second kappa shape index (κ2) is 7.81. The Kier molecular flexibility index (Phi) is 5.54. The van der Waals surface area contributed by atoms with Crippen LogP contribution in [0.4, 0.5) is 10.5 Å². The SMILES string of the molecule is O=C(NC[C@H](c1cccs1)N1CCCC1)Nc1ccc(Cl)cc1. The van der Waals surface area contributed by atoms with Crippen LogP contribution in [-0.2, 0) is 0 Å². The molecule has 3 rings (SSSR count). The molecule has 2 amide bonds. The van der Waals surface area contributed by atoms with Crippen LogP contribution in [0.25, 0.3) is 0 Å². The van der Waals surface area contributed by atoms with E-state index >= 15 is 0 Å². The summed E-state index contributed by atoms with van der Waals surface area (Å²) in [5.74, 6) is 0. The summed E-state index contributed by atoms with van der Waals surface area (Å²) in [5.41, 5.74) is 0.737. The molecule has 0 aliphatic carbocycles. The van der Waals surface area contributed by atoms with E-state index in [1.54, 1.807) is 35.6 Å². The van der Waals surface area contributed by atoms with Gasteiger partial charge >= 0.3 is 6.03 Å². The smallest absolute Gasteiger partial charge is 0.319 e. The lowest BCUT2D eigenvalue weighted by Gasteiger charge is -2.26. The van der Waals surface area contributed by atoms with E-state index in [1.807, 2.05) is 0 Å². The first-order valence-electron chi connectivity index (χ1n) is 7.80. The molecule has 122 valence electrons. The molecule has 0 unspecified atom stereocenters. The van der Waals surface area contributed by atoms with E-state index < -0.39 is 0 Å². The van der Waals surface area contributed by atoms with Crippen LogP contribution < -0.4 is 10.6 Å². The second-order valence-corrected chi connectivity index (χ2v) is 7.03. The van der Waals surface area contributed by atoms with Gasteiger partial charge in [-0.25, -0.2) is 4.79 Å². The van der Waals surface area contributed by atoms with Crippen molar-refractivity contribution < 1.29 is 4.79 Å². The summed E-state index contributed by atoms with van der Waals surface area (Å²) in [6.07, 6.45) is 2.47. The maximum Gasteiger partial charge on any atom is 0.319 e. The van der Waals surface area contributed by atoms with Crippen LogP contribution in [-0.4, -0.2) is 30.6 Å². The molecule has 1 atom stereocenters. The normalized spacial score (nSPS) is 16.2. The van der Waals surface area contributed by atoms with Crippen molar-refractivity contribution in [3.8, 4) is 0 Å². The van der Waals surface area contributed by atoms with E-state index in [-0.39, 0.29) is 12.1 Å². The van der Waals surface area contributed by atoms with E-state index in [1.165, 1.54) is 17.7 Å². The number of rotatable bonds is 5. The van der Waals surface area contributed by atoms with Gasteiger partial charge in [-0.3, -0.25) is 4.90 Å². The minimum Gasteiger partial charge on any atom is -0.336 e. The van der Waals surface area contributed by atoms with Gasteiger partial charge in [0, 0.05) is 22.1 Å². The number of carbonyl (C=O) groups excluding carboxylic acids is 1. The fourth-order valence-corrected chi connectivity index (χ4v) is 3.83. The van der Waals surface area contributed by atoms with Crippen molar-refractivity contribution in [1.82, 2.24) is 10.2 Å². The molecule has 6 heteroatoms. The first kappa shape index (κ1) is 16.3. The van der Waals surface area contributed by atoms with Crippen LogP contribution in [0.5, 0.6) is 0 Å². The Hall–Kier alpha value is -1.56. The number of amides is 2. The molecule has 2 heterocycles. The third-order valence-electron chi connectivity index (χ3n) is 4.01. The largest absolute Gasteiger partial charge is 0.336 e. The lowest BCUT2D eigenvalue weighted by atomic mass is 10.2. The van der Waals surface area contributed by atoms with Crippen molar-refractivity contribution >= 4 is 34.7 Å². The molecule has 1 aromatic heterocycles. The third-order valence-corrected chi connectivity index (χ3v) is 5.24. The van der Waals surface area contributed by atoms with Gasteiger partial charge in [0.25, 0.3) is 0 Å². The van der Waals surface area contributed by atoms with Crippen LogP contribution in [0.15, 0.2) is 41.8 Å². The van der Waals surface area contributed by atoms with Crippen molar-refractivity contribution in [3.05, 3.63) is 51.7 Å². The van der Waals surface area contributed by atoms with Crippen LogP contribution in [0.1, 0.15) is 23.8 Å². The molecule has 1 saturated heterocycles. The molecule has 1 aliphatic heterocycles.